The van der Waals surface area contributed by atoms with E-state index >= 15 is 0 Å². The number of nitrogens with zero attached hydrogens (tertiary/aromatic N) is 5. The number of hydrogen-bond donors (Lipinski definition) is 2. The van der Waals surface area contributed by atoms with Gasteiger partial charge < -0.3 is 19.8 Å². The van der Waals surface area contributed by atoms with Gasteiger partial charge in [0.25, 0.3) is 0 Å². The van der Waals surface area contributed by atoms with Gasteiger partial charge in [0.2, 0.25) is 0 Å². The number of pyridine rings is 1. The second-order valence-corrected chi connectivity index (χ2v) is 12.4. The van der Waals surface area contributed by atoms with Gasteiger partial charge in [0.05, 0.1) is 31.9 Å². The van der Waals surface area contributed by atoms with Crippen LogP contribution in [0.1, 0.15) is 71.0 Å². The van der Waals surface area contributed by atoms with Crippen molar-refractivity contribution in [2.45, 2.75) is 57.2 Å². The third-order valence-corrected chi connectivity index (χ3v) is 8.97. The second kappa shape index (κ2) is 12.0. The molecule has 1 atom stereocenters. The maximum atomic E-state index is 11.7. The monoisotopic (exact) mass is 641 g/mol. The average molecular weight is 643 g/mol. The zero-order valence-corrected chi connectivity index (χ0v) is 25.7. The molecule has 2 aliphatic rings. The fourth-order valence-corrected chi connectivity index (χ4v) is 6.57. The van der Waals surface area contributed by atoms with Crippen molar-refractivity contribution in [2.75, 3.05) is 18.0 Å². The van der Waals surface area contributed by atoms with E-state index in [0.29, 0.717) is 81.8 Å². The average Bonchev–Trinajstić information content (AvgIpc) is 3.76. The van der Waals surface area contributed by atoms with Crippen molar-refractivity contribution in [1.82, 2.24) is 20.0 Å². The number of halogens is 3. The molecule has 3 heterocycles. The van der Waals surface area contributed by atoms with E-state index in [1.807, 2.05) is 11.0 Å². The molecule has 2 N–H and O–H groups in total. The summed E-state index contributed by atoms with van der Waals surface area (Å²) in [6.45, 7) is 3.08. The summed E-state index contributed by atoms with van der Waals surface area (Å²) >= 11 is 19.7. The minimum atomic E-state index is -1.16. The van der Waals surface area contributed by atoms with E-state index in [2.05, 4.69) is 15.3 Å². The van der Waals surface area contributed by atoms with Crippen LogP contribution >= 0.6 is 34.8 Å². The maximum Gasteiger partial charge on any atom is 0.335 e. The summed E-state index contributed by atoms with van der Waals surface area (Å²) in [5.41, 5.74) is 2.49. The van der Waals surface area contributed by atoms with Gasteiger partial charge in [0.15, 0.2) is 0 Å². The predicted octanol–water partition coefficient (Wildman–Crippen LogP) is 6.96. The Kier molecular flexibility index (Phi) is 8.26. The molecule has 0 bridgehead atoms. The van der Waals surface area contributed by atoms with Crippen LogP contribution in [0.15, 0.2) is 48.5 Å². The molecule has 0 radical (unpaired) electrons. The van der Waals surface area contributed by atoms with E-state index in [9.17, 15) is 15.0 Å². The summed E-state index contributed by atoms with van der Waals surface area (Å²) in [7, 11) is 0. The molecule has 4 aromatic rings. The van der Waals surface area contributed by atoms with Crippen LogP contribution in [0.5, 0.6) is 5.75 Å². The number of ether oxygens (including phenoxy) is 1. The number of aromatic carboxylic acids is 1. The maximum absolute atomic E-state index is 11.7. The van der Waals surface area contributed by atoms with E-state index in [1.54, 1.807) is 54.1 Å². The van der Waals surface area contributed by atoms with Crippen molar-refractivity contribution in [1.29, 1.82) is 0 Å². The zero-order valence-electron chi connectivity index (χ0n) is 23.4. The lowest BCUT2D eigenvalue weighted by molar-refractivity contribution is 0.0245. The van der Waals surface area contributed by atoms with Crippen molar-refractivity contribution in [3.05, 3.63) is 91.8 Å². The molecular weight excluding hydrogens is 613 g/mol. The lowest BCUT2D eigenvalue weighted by atomic mass is 9.87. The Morgan fingerprint density at radius 1 is 1.05 bits per heavy atom. The van der Waals surface area contributed by atoms with Crippen LogP contribution in [0.3, 0.4) is 0 Å². The summed E-state index contributed by atoms with van der Waals surface area (Å²) in [6, 6.07) is 13.7. The molecule has 1 aliphatic heterocycles. The highest BCUT2D eigenvalue weighted by molar-refractivity contribution is 6.37. The van der Waals surface area contributed by atoms with E-state index in [1.165, 1.54) is 0 Å². The lowest BCUT2D eigenvalue weighted by Gasteiger charge is -2.29. The first kappa shape index (κ1) is 29.7. The molecule has 0 amide bonds. The Labute approximate surface area is 264 Å². The normalized spacial score (nSPS) is 18.9. The Morgan fingerprint density at radius 2 is 1.81 bits per heavy atom. The summed E-state index contributed by atoms with van der Waals surface area (Å²) in [5.74, 6) is 0.463. The molecule has 2 aromatic carbocycles. The van der Waals surface area contributed by atoms with Crippen LogP contribution in [0.4, 0.5) is 5.82 Å². The fraction of sp³-hybridized carbons (Fsp3) is 0.355. The number of anilines is 1. The SMILES string of the molecule is Cc1cc(C(=O)O)cc(N2CCCC(O)(c3ccc(OCc4c(C5CC5)nnn4-c4c(Cl)cccc4Cl)cc3Cl)CC2)n1. The number of para-hydroxylation sites is 1. The lowest BCUT2D eigenvalue weighted by Crippen LogP contribution is -2.30. The highest BCUT2D eigenvalue weighted by Gasteiger charge is 2.35. The number of rotatable bonds is 8. The molecule has 1 aliphatic carbocycles. The van der Waals surface area contributed by atoms with Crippen LogP contribution in [0, 0.1) is 6.92 Å². The van der Waals surface area contributed by atoms with Crippen LogP contribution < -0.4 is 9.64 Å². The third kappa shape index (κ3) is 6.17. The van der Waals surface area contributed by atoms with Gasteiger partial charge in [-0.3, -0.25) is 0 Å². The van der Waals surface area contributed by atoms with Gasteiger partial charge in [-0.25, -0.2) is 14.5 Å². The molecule has 1 saturated heterocycles. The molecule has 43 heavy (non-hydrogen) atoms. The second-order valence-electron chi connectivity index (χ2n) is 11.1. The Bertz CT molecular complexity index is 1670. The number of benzene rings is 2. The van der Waals surface area contributed by atoms with Crippen molar-refractivity contribution in [3.63, 3.8) is 0 Å². The highest BCUT2D eigenvalue weighted by Crippen LogP contribution is 2.43. The minimum Gasteiger partial charge on any atom is -0.487 e. The standard InChI is InChI=1S/C31H30Cl3N5O4/c1-18-14-20(30(40)41)15-27(35-18)38-12-3-10-31(42,11-13-38)22-9-8-21(16-25(22)34)43-17-26-28(19-6-7-19)36-37-39(26)29-23(32)4-2-5-24(29)33/h2,4-5,8-9,14-16,19,42H,3,6-7,10-13,17H2,1H3,(H,40,41). The number of aliphatic hydroxyl groups is 1. The van der Waals surface area contributed by atoms with E-state index in [0.717, 1.165) is 24.2 Å². The molecule has 2 aromatic heterocycles. The number of aryl methyl sites for hydroxylation is 1. The smallest absolute Gasteiger partial charge is 0.335 e. The topological polar surface area (TPSA) is 114 Å². The van der Waals surface area contributed by atoms with Crippen molar-refractivity contribution < 1.29 is 19.7 Å². The zero-order chi connectivity index (χ0) is 30.3. The molecule has 6 rings (SSSR count). The fourth-order valence-electron chi connectivity index (χ4n) is 5.66. The molecule has 1 unspecified atom stereocenters. The van der Waals surface area contributed by atoms with Crippen molar-refractivity contribution in [2.24, 2.45) is 0 Å². The number of carboxylic acid groups (broad SMARTS) is 1. The summed E-state index contributed by atoms with van der Waals surface area (Å²) in [4.78, 5) is 18.1. The minimum absolute atomic E-state index is 0.178. The van der Waals surface area contributed by atoms with Crippen LogP contribution in [0.25, 0.3) is 5.69 Å². The van der Waals surface area contributed by atoms with Crippen molar-refractivity contribution >= 4 is 46.6 Å². The number of carbonyl (C=O) groups is 1. The van der Waals surface area contributed by atoms with E-state index in [4.69, 9.17) is 39.5 Å². The molecule has 224 valence electrons. The molecular formula is C31H30Cl3N5O4. The first-order chi connectivity index (χ1) is 20.6. The van der Waals surface area contributed by atoms with Gasteiger partial charge in [-0.05, 0) is 75.4 Å². The van der Waals surface area contributed by atoms with Crippen LogP contribution in [-0.4, -0.2) is 49.2 Å². The number of carboxylic acids is 1. The summed E-state index contributed by atoms with van der Waals surface area (Å²) in [5, 5.41) is 31.3. The van der Waals surface area contributed by atoms with Gasteiger partial charge in [-0.2, -0.15) is 0 Å². The Hall–Kier alpha value is -3.37. The third-order valence-electron chi connectivity index (χ3n) is 8.05. The quantitative estimate of drug-likeness (QED) is 0.212. The molecule has 1 saturated carbocycles. The van der Waals surface area contributed by atoms with Gasteiger partial charge in [-0.15, -0.1) is 5.10 Å². The molecule has 0 spiro atoms. The van der Waals surface area contributed by atoms with Gasteiger partial charge >= 0.3 is 5.97 Å². The van der Waals surface area contributed by atoms with Gasteiger partial charge in [-0.1, -0.05) is 52.1 Å². The number of aromatic nitrogens is 4. The van der Waals surface area contributed by atoms with E-state index < -0.39 is 11.6 Å². The van der Waals surface area contributed by atoms with Crippen LogP contribution in [0.2, 0.25) is 15.1 Å². The van der Waals surface area contributed by atoms with Crippen molar-refractivity contribution in [3.8, 4) is 11.4 Å². The first-order valence-electron chi connectivity index (χ1n) is 14.1. The van der Waals surface area contributed by atoms with Crippen LogP contribution in [-0.2, 0) is 12.2 Å². The Balaban J connectivity index is 1.19. The number of hydrogen-bond acceptors (Lipinski definition) is 7. The van der Waals surface area contributed by atoms with Gasteiger partial charge in [0, 0.05) is 30.3 Å². The largest absolute Gasteiger partial charge is 0.487 e. The summed E-state index contributed by atoms with van der Waals surface area (Å²) in [6.07, 6.45) is 3.65. The predicted molar refractivity (Wildman–Crippen MR) is 165 cm³/mol. The molecule has 12 heteroatoms. The first-order valence-corrected chi connectivity index (χ1v) is 15.3. The Morgan fingerprint density at radius 3 is 2.51 bits per heavy atom. The van der Waals surface area contributed by atoms with E-state index in [-0.39, 0.29) is 12.2 Å². The highest BCUT2D eigenvalue weighted by atomic mass is 35.5. The molecule has 9 nitrogen and oxygen atoms in total. The summed E-state index contributed by atoms with van der Waals surface area (Å²) < 4.78 is 7.84. The van der Waals surface area contributed by atoms with Gasteiger partial charge in [0.1, 0.15) is 29.6 Å². The molecule has 2 fully saturated rings.